The van der Waals surface area contributed by atoms with Crippen molar-refractivity contribution in [2.45, 2.75) is 31.7 Å². The molecule has 1 aromatic heterocycles. The highest BCUT2D eigenvalue weighted by molar-refractivity contribution is 6.30. The molecule has 1 unspecified atom stereocenters. The van der Waals surface area contributed by atoms with E-state index in [2.05, 4.69) is 5.32 Å². The Balaban J connectivity index is 1.43. The summed E-state index contributed by atoms with van der Waals surface area (Å²) in [5, 5.41) is 4.93. The van der Waals surface area contributed by atoms with Gasteiger partial charge in [0.25, 0.3) is 0 Å². The maximum atomic E-state index is 12.9. The minimum Gasteiger partial charge on any atom is -0.494 e. The van der Waals surface area contributed by atoms with Gasteiger partial charge in [0.1, 0.15) is 17.1 Å². The van der Waals surface area contributed by atoms with Crippen LogP contribution in [0.3, 0.4) is 0 Å². The second-order valence-electron chi connectivity index (χ2n) is 8.45. The standard InChI is InChI=1S/C28H26ClNO4/c29-20-10-14-23(15-11-20)33-27-26(24-6-1-2-7-25(24)34-28(27)31)19-8-12-22(13-9-19)32-18-16-21-5-3-4-17-30-21/h1-2,6-15,21,30H,3-5,16-18H2. The van der Waals surface area contributed by atoms with Gasteiger partial charge < -0.3 is 19.2 Å². The van der Waals surface area contributed by atoms with Crippen molar-refractivity contribution in [3.8, 4) is 28.4 Å². The maximum absolute atomic E-state index is 12.9. The number of rotatable bonds is 7. The Morgan fingerprint density at radius 2 is 1.71 bits per heavy atom. The first kappa shape index (κ1) is 22.5. The van der Waals surface area contributed by atoms with Gasteiger partial charge in [-0.3, -0.25) is 0 Å². The average molecular weight is 476 g/mol. The van der Waals surface area contributed by atoms with Crippen molar-refractivity contribution in [3.63, 3.8) is 0 Å². The zero-order valence-electron chi connectivity index (χ0n) is 18.8. The molecular formula is C28H26ClNO4. The Bertz CT molecular complexity index is 1310. The van der Waals surface area contributed by atoms with Crippen LogP contribution in [0.4, 0.5) is 0 Å². The lowest BCUT2D eigenvalue weighted by atomic mass is 10.0. The second-order valence-corrected chi connectivity index (χ2v) is 8.89. The summed E-state index contributed by atoms with van der Waals surface area (Å²) in [5.74, 6) is 1.44. The van der Waals surface area contributed by atoms with Crippen molar-refractivity contribution in [2.75, 3.05) is 13.2 Å². The highest BCUT2D eigenvalue weighted by Gasteiger charge is 2.19. The van der Waals surface area contributed by atoms with Crippen molar-refractivity contribution in [1.82, 2.24) is 5.32 Å². The van der Waals surface area contributed by atoms with Crippen LogP contribution in [0, 0.1) is 0 Å². The molecule has 1 fully saturated rings. The first-order chi connectivity index (χ1) is 16.7. The molecule has 0 bridgehead atoms. The molecule has 0 amide bonds. The van der Waals surface area contributed by atoms with Crippen LogP contribution in [0.25, 0.3) is 22.1 Å². The molecule has 2 heterocycles. The fraction of sp³-hybridized carbons (Fsp3) is 0.250. The largest absolute Gasteiger partial charge is 0.494 e. The Morgan fingerprint density at radius 1 is 0.941 bits per heavy atom. The van der Waals surface area contributed by atoms with Crippen molar-refractivity contribution >= 4 is 22.6 Å². The number of fused-ring (bicyclic) bond motifs is 1. The fourth-order valence-electron chi connectivity index (χ4n) is 4.34. The van der Waals surface area contributed by atoms with E-state index in [1.54, 1.807) is 30.3 Å². The molecule has 1 saturated heterocycles. The van der Waals surface area contributed by atoms with Gasteiger partial charge >= 0.3 is 5.63 Å². The molecule has 5 nitrogen and oxygen atoms in total. The van der Waals surface area contributed by atoms with Crippen LogP contribution in [0.5, 0.6) is 17.2 Å². The number of halogens is 1. The van der Waals surface area contributed by atoms with E-state index in [0.717, 1.165) is 29.7 Å². The SMILES string of the molecule is O=c1oc2ccccc2c(-c2ccc(OCCC3CCCCN3)cc2)c1Oc1ccc(Cl)cc1. The van der Waals surface area contributed by atoms with E-state index in [4.69, 9.17) is 25.5 Å². The highest BCUT2D eigenvalue weighted by Crippen LogP contribution is 2.37. The number of para-hydroxylation sites is 1. The van der Waals surface area contributed by atoms with E-state index in [-0.39, 0.29) is 5.75 Å². The zero-order valence-corrected chi connectivity index (χ0v) is 19.5. The first-order valence-electron chi connectivity index (χ1n) is 11.6. The molecule has 34 heavy (non-hydrogen) atoms. The predicted molar refractivity (Wildman–Crippen MR) is 135 cm³/mol. The summed E-state index contributed by atoms with van der Waals surface area (Å²) in [6.07, 6.45) is 4.74. The molecule has 0 radical (unpaired) electrons. The summed E-state index contributed by atoms with van der Waals surface area (Å²) in [5.41, 5.74) is 1.49. The van der Waals surface area contributed by atoms with Gasteiger partial charge in [-0.25, -0.2) is 4.79 Å². The molecule has 6 heteroatoms. The average Bonchev–Trinajstić information content (AvgIpc) is 2.87. The third kappa shape index (κ3) is 5.11. The Hall–Kier alpha value is -3.28. The Morgan fingerprint density at radius 3 is 2.47 bits per heavy atom. The van der Waals surface area contributed by atoms with Crippen LogP contribution < -0.4 is 20.4 Å². The van der Waals surface area contributed by atoms with Gasteiger partial charge in [-0.15, -0.1) is 0 Å². The van der Waals surface area contributed by atoms with Crippen molar-refractivity contribution in [2.24, 2.45) is 0 Å². The van der Waals surface area contributed by atoms with Crippen LogP contribution >= 0.6 is 11.6 Å². The van der Waals surface area contributed by atoms with Gasteiger partial charge in [0.05, 0.1) is 6.61 Å². The number of ether oxygens (including phenoxy) is 2. The number of nitrogens with one attached hydrogen (secondary N) is 1. The third-order valence-corrected chi connectivity index (χ3v) is 6.35. The minimum absolute atomic E-state index is 0.137. The molecular weight excluding hydrogens is 450 g/mol. The lowest BCUT2D eigenvalue weighted by Gasteiger charge is -2.23. The fourth-order valence-corrected chi connectivity index (χ4v) is 4.47. The van der Waals surface area contributed by atoms with E-state index >= 15 is 0 Å². The van der Waals surface area contributed by atoms with Crippen molar-refractivity contribution in [1.29, 1.82) is 0 Å². The van der Waals surface area contributed by atoms with Gasteiger partial charge in [-0.05, 0) is 73.8 Å². The highest BCUT2D eigenvalue weighted by atomic mass is 35.5. The summed E-state index contributed by atoms with van der Waals surface area (Å²) in [4.78, 5) is 12.9. The van der Waals surface area contributed by atoms with Crippen LogP contribution in [0.15, 0.2) is 82.0 Å². The van der Waals surface area contributed by atoms with Crippen LogP contribution in [0.2, 0.25) is 5.02 Å². The lowest BCUT2D eigenvalue weighted by molar-refractivity contribution is 0.268. The molecule has 0 aliphatic carbocycles. The van der Waals surface area contributed by atoms with Gasteiger partial charge in [0.2, 0.25) is 5.75 Å². The third-order valence-electron chi connectivity index (χ3n) is 6.10. The second kappa shape index (κ2) is 10.3. The predicted octanol–water partition coefficient (Wildman–Crippen LogP) is 6.82. The summed E-state index contributed by atoms with van der Waals surface area (Å²) < 4.78 is 17.5. The van der Waals surface area contributed by atoms with Gasteiger partial charge in [0.15, 0.2) is 0 Å². The summed E-state index contributed by atoms with van der Waals surface area (Å²) in [6.45, 7) is 1.76. The molecule has 3 aromatic carbocycles. The molecule has 0 spiro atoms. The van der Waals surface area contributed by atoms with Crippen LogP contribution in [-0.2, 0) is 0 Å². The van der Waals surface area contributed by atoms with E-state index in [0.29, 0.717) is 34.6 Å². The molecule has 1 aliphatic heterocycles. The molecule has 0 saturated carbocycles. The Labute approximate surface area is 203 Å². The summed E-state index contributed by atoms with van der Waals surface area (Å²) in [7, 11) is 0. The molecule has 1 atom stereocenters. The van der Waals surface area contributed by atoms with Crippen LogP contribution in [-0.4, -0.2) is 19.2 Å². The van der Waals surface area contributed by atoms with Gasteiger partial charge in [0, 0.05) is 22.0 Å². The maximum Gasteiger partial charge on any atom is 0.380 e. The molecule has 1 N–H and O–H groups in total. The Kier molecular flexibility index (Phi) is 6.84. The zero-order chi connectivity index (χ0) is 23.3. The molecule has 174 valence electrons. The number of piperidine rings is 1. The normalized spacial score (nSPS) is 15.9. The van der Waals surface area contributed by atoms with E-state index < -0.39 is 5.63 Å². The quantitative estimate of drug-likeness (QED) is 0.297. The summed E-state index contributed by atoms with van der Waals surface area (Å²) in [6, 6.07) is 22.6. The summed E-state index contributed by atoms with van der Waals surface area (Å²) >= 11 is 6.00. The van der Waals surface area contributed by atoms with Crippen molar-refractivity contribution < 1.29 is 13.9 Å². The molecule has 5 rings (SSSR count). The van der Waals surface area contributed by atoms with Crippen LogP contribution in [0.1, 0.15) is 25.7 Å². The van der Waals surface area contributed by atoms with E-state index in [1.807, 2.05) is 42.5 Å². The van der Waals surface area contributed by atoms with Gasteiger partial charge in [-0.1, -0.05) is 48.4 Å². The first-order valence-corrected chi connectivity index (χ1v) is 12.0. The molecule has 1 aliphatic rings. The van der Waals surface area contributed by atoms with Crippen molar-refractivity contribution in [3.05, 3.63) is 88.2 Å². The minimum atomic E-state index is -0.538. The van der Waals surface area contributed by atoms with E-state index in [9.17, 15) is 4.79 Å². The number of benzene rings is 3. The molecule has 4 aromatic rings. The smallest absolute Gasteiger partial charge is 0.380 e. The van der Waals surface area contributed by atoms with E-state index in [1.165, 1.54) is 19.3 Å². The monoisotopic (exact) mass is 475 g/mol. The number of hydrogen-bond donors (Lipinski definition) is 1. The number of hydrogen-bond acceptors (Lipinski definition) is 5. The van der Waals surface area contributed by atoms with Gasteiger partial charge in [-0.2, -0.15) is 0 Å². The topological polar surface area (TPSA) is 60.7 Å². The lowest BCUT2D eigenvalue weighted by Crippen LogP contribution is -2.35.